The SMILES string of the molecule is O=C(NCC1CC1)C1CCCN(C(=O)c2csc(-c3cnn(-c4ccccc4)c3)n2)C1. The van der Waals surface area contributed by atoms with Crippen LogP contribution in [0.3, 0.4) is 0 Å². The van der Waals surface area contributed by atoms with Crippen molar-refractivity contribution >= 4 is 23.2 Å². The number of carbonyl (C=O) groups excluding carboxylic acids is 2. The number of nitrogens with zero attached hydrogens (tertiary/aromatic N) is 4. The fourth-order valence-corrected chi connectivity index (χ4v) is 4.68. The number of hydrogen-bond acceptors (Lipinski definition) is 5. The van der Waals surface area contributed by atoms with Gasteiger partial charge in [-0.15, -0.1) is 11.3 Å². The number of para-hydroxylation sites is 1. The van der Waals surface area contributed by atoms with E-state index in [0.29, 0.717) is 24.7 Å². The van der Waals surface area contributed by atoms with Gasteiger partial charge in [-0.2, -0.15) is 5.10 Å². The Kier molecular flexibility index (Phi) is 5.55. The highest BCUT2D eigenvalue weighted by molar-refractivity contribution is 7.13. The summed E-state index contributed by atoms with van der Waals surface area (Å²) < 4.78 is 1.80. The lowest BCUT2D eigenvalue weighted by molar-refractivity contribution is -0.126. The molecule has 3 heterocycles. The van der Waals surface area contributed by atoms with Gasteiger partial charge in [0.2, 0.25) is 5.91 Å². The van der Waals surface area contributed by atoms with E-state index in [1.54, 1.807) is 21.2 Å². The molecule has 8 heteroatoms. The van der Waals surface area contributed by atoms with E-state index in [1.807, 2.05) is 36.5 Å². The number of aromatic nitrogens is 3. The van der Waals surface area contributed by atoms with Crippen LogP contribution in [0.1, 0.15) is 36.2 Å². The van der Waals surface area contributed by atoms with Gasteiger partial charge in [-0.3, -0.25) is 9.59 Å². The van der Waals surface area contributed by atoms with E-state index in [-0.39, 0.29) is 17.7 Å². The van der Waals surface area contributed by atoms with Gasteiger partial charge in [0.25, 0.3) is 5.91 Å². The van der Waals surface area contributed by atoms with Gasteiger partial charge in [-0.1, -0.05) is 18.2 Å². The highest BCUT2D eigenvalue weighted by Crippen LogP contribution is 2.28. The van der Waals surface area contributed by atoms with Gasteiger partial charge in [0.1, 0.15) is 10.7 Å². The van der Waals surface area contributed by atoms with Crippen LogP contribution in [0.25, 0.3) is 16.3 Å². The van der Waals surface area contributed by atoms with Crippen molar-refractivity contribution in [3.8, 4) is 16.3 Å². The minimum Gasteiger partial charge on any atom is -0.356 e. The van der Waals surface area contributed by atoms with Crippen molar-refractivity contribution in [1.29, 1.82) is 0 Å². The zero-order valence-corrected chi connectivity index (χ0v) is 18.1. The quantitative estimate of drug-likeness (QED) is 0.644. The van der Waals surface area contributed by atoms with E-state index in [4.69, 9.17) is 0 Å². The molecule has 1 atom stereocenters. The van der Waals surface area contributed by atoms with Crippen molar-refractivity contribution in [2.75, 3.05) is 19.6 Å². The van der Waals surface area contributed by atoms with Crippen LogP contribution < -0.4 is 5.32 Å². The summed E-state index contributed by atoms with van der Waals surface area (Å²) in [5.74, 6) is 0.512. The van der Waals surface area contributed by atoms with Crippen LogP contribution in [0, 0.1) is 11.8 Å². The minimum atomic E-state index is -0.126. The second-order valence-corrected chi connectivity index (χ2v) is 9.18. The molecule has 2 fully saturated rings. The number of hydrogen-bond donors (Lipinski definition) is 1. The number of thiazole rings is 1. The number of nitrogens with one attached hydrogen (secondary N) is 1. The first-order valence-electron chi connectivity index (χ1n) is 10.8. The van der Waals surface area contributed by atoms with Crippen molar-refractivity contribution < 1.29 is 9.59 Å². The van der Waals surface area contributed by atoms with E-state index in [1.165, 1.54) is 24.2 Å². The highest BCUT2D eigenvalue weighted by atomic mass is 32.1. The fourth-order valence-electron chi connectivity index (χ4n) is 3.91. The molecule has 31 heavy (non-hydrogen) atoms. The Balaban J connectivity index is 1.24. The Bertz CT molecular complexity index is 1070. The Morgan fingerprint density at radius 2 is 2.00 bits per heavy atom. The number of benzene rings is 1. The molecule has 2 amide bonds. The van der Waals surface area contributed by atoms with Crippen LogP contribution in [0.15, 0.2) is 48.1 Å². The summed E-state index contributed by atoms with van der Waals surface area (Å²) in [4.78, 5) is 31.9. The van der Waals surface area contributed by atoms with Gasteiger partial charge >= 0.3 is 0 Å². The van der Waals surface area contributed by atoms with Gasteiger partial charge in [-0.05, 0) is 43.7 Å². The first-order valence-corrected chi connectivity index (χ1v) is 11.7. The molecule has 5 rings (SSSR count). The Hall–Kier alpha value is -3.00. The van der Waals surface area contributed by atoms with Crippen LogP contribution in [-0.2, 0) is 4.79 Å². The lowest BCUT2D eigenvalue weighted by atomic mass is 9.97. The van der Waals surface area contributed by atoms with E-state index >= 15 is 0 Å². The molecule has 1 aliphatic heterocycles. The van der Waals surface area contributed by atoms with E-state index in [9.17, 15) is 9.59 Å². The monoisotopic (exact) mass is 435 g/mol. The topological polar surface area (TPSA) is 80.1 Å². The van der Waals surface area contributed by atoms with Crippen LogP contribution >= 0.6 is 11.3 Å². The number of rotatable bonds is 6. The molecule has 1 aliphatic carbocycles. The molecule has 0 spiro atoms. The molecule has 0 bridgehead atoms. The van der Waals surface area contributed by atoms with Gasteiger partial charge in [0.05, 0.1) is 17.8 Å². The van der Waals surface area contributed by atoms with Crippen LogP contribution in [0.2, 0.25) is 0 Å². The number of likely N-dealkylation sites (tertiary alicyclic amines) is 1. The average Bonchev–Trinajstić information content (AvgIpc) is 3.30. The van der Waals surface area contributed by atoms with Gasteiger partial charge in [0, 0.05) is 36.8 Å². The van der Waals surface area contributed by atoms with Crippen LogP contribution in [0.5, 0.6) is 0 Å². The second kappa shape index (κ2) is 8.63. The van der Waals surface area contributed by atoms with E-state index in [2.05, 4.69) is 15.4 Å². The molecular formula is C23H25N5O2S. The molecular weight excluding hydrogens is 410 g/mol. The average molecular weight is 436 g/mol. The summed E-state index contributed by atoms with van der Waals surface area (Å²) in [6.07, 6.45) is 7.79. The van der Waals surface area contributed by atoms with Crippen molar-refractivity contribution in [2.24, 2.45) is 11.8 Å². The van der Waals surface area contributed by atoms with Crippen LogP contribution in [-0.4, -0.2) is 51.1 Å². The van der Waals surface area contributed by atoms with E-state index in [0.717, 1.165) is 35.6 Å². The molecule has 1 unspecified atom stereocenters. The molecule has 0 radical (unpaired) electrons. The summed E-state index contributed by atoms with van der Waals surface area (Å²) >= 11 is 1.44. The fraction of sp³-hybridized carbons (Fsp3) is 0.391. The third-order valence-corrected chi connectivity index (χ3v) is 6.81. The Labute approximate surface area is 185 Å². The zero-order valence-electron chi connectivity index (χ0n) is 17.2. The van der Waals surface area contributed by atoms with E-state index < -0.39 is 0 Å². The highest BCUT2D eigenvalue weighted by Gasteiger charge is 2.31. The van der Waals surface area contributed by atoms with Gasteiger partial charge in [-0.25, -0.2) is 9.67 Å². The van der Waals surface area contributed by atoms with Crippen molar-refractivity contribution in [1.82, 2.24) is 25.0 Å². The van der Waals surface area contributed by atoms with Gasteiger partial charge < -0.3 is 10.2 Å². The molecule has 1 saturated heterocycles. The standard InChI is InChI=1S/C23H25N5O2S/c29-21(24-11-16-8-9-16)17-5-4-10-27(13-17)23(30)20-15-31-22(26-20)18-12-25-28(14-18)19-6-2-1-3-7-19/h1-3,6-7,12,14-17H,4-5,8-11,13H2,(H,24,29). The Morgan fingerprint density at radius 3 is 2.81 bits per heavy atom. The maximum Gasteiger partial charge on any atom is 0.273 e. The molecule has 3 aromatic rings. The molecule has 1 aromatic carbocycles. The number of carbonyl (C=O) groups is 2. The summed E-state index contributed by atoms with van der Waals surface area (Å²) in [6.45, 7) is 1.91. The predicted molar refractivity (Wildman–Crippen MR) is 119 cm³/mol. The van der Waals surface area contributed by atoms with Gasteiger partial charge in [0.15, 0.2) is 0 Å². The molecule has 1 saturated carbocycles. The minimum absolute atomic E-state index is 0.0803. The smallest absolute Gasteiger partial charge is 0.273 e. The zero-order chi connectivity index (χ0) is 21.2. The van der Waals surface area contributed by atoms with Crippen LogP contribution in [0.4, 0.5) is 0 Å². The lowest BCUT2D eigenvalue weighted by Gasteiger charge is -2.31. The van der Waals surface area contributed by atoms with Crippen molar-refractivity contribution in [3.63, 3.8) is 0 Å². The second-order valence-electron chi connectivity index (χ2n) is 8.33. The summed E-state index contributed by atoms with van der Waals surface area (Å²) in [5, 5.41) is 10.0. The molecule has 2 aromatic heterocycles. The predicted octanol–water partition coefficient (Wildman–Crippen LogP) is 3.37. The normalized spacial score (nSPS) is 18.7. The molecule has 2 aliphatic rings. The maximum atomic E-state index is 13.0. The first kappa shape index (κ1) is 19.9. The first-order chi connectivity index (χ1) is 15.2. The third kappa shape index (κ3) is 4.54. The number of piperidine rings is 1. The maximum absolute atomic E-state index is 13.0. The largest absolute Gasteiger partial charge is 0.356 e. The lowest BCUT2D eigenvalue weighted by Crippen LogP contribution is -2.45. The summed E-state index contributed by atoms with van der Waals surface area (Å²) in [7, 11) is 0. The third-order valence-electron chi connectivity index (χ3n) is 5.91. The summed E-state index contributed by atoms with van der Waals surface area (Å²) in [5.41, 5.74) is 2.29. The Morgan fingerprint density at radius 1 is 1.16 bits per heavy atom. The number of amides is 2. The summed E-state index contributed by atoms with van der Waals surface area (Å²) in [6, 6.07) is 9.88. The molecule has 1 N–H and O–H groups in total. The molecule has 7 nitrogen and oxygen atoms in total. The molecule has 160 valence electrons. The van der Waals surface area contributed by atoms with Crippen molar-refractivity contribution in [2.45, 2.75) is 25.7 Å². The van der Waals surface area contributed by atoms with Crippen molar-refractivity contribution in [3.05, 3.63) is 53.8 Å².